The largest absolute Gasteiger partial charge is 0.444 e. The van der Waals surface area contributed by atoms with Crippen LogP contribution in [0.2, 0.25) is 0 Å². The minimum Gasteiger partial charge on any atom is -0.444 e. The number of β-amino-alcohol motifs (C(OH)–C–C–N with tert-alkyl or cyclic N) is 1. The van der Waals surface area contributed by atoms with E-state index in [1.54, 1.807) is 4.90 Å². The molecule has 2 aromatic rings. The predicted octanol–water partition coefficient (Wildman–Crippen LogP) is 4.32. The molecular formula is C25H33NO5. The second-order valence-electron chi connectivity index (χ2n) is 9.15. The topological polar surface area (TPSA) is 68.2 Å². The lowest BCUT2D eigenvalue weighted by Crippen LogP contribution is -2.53. The molecule has 0 bridgehead atoms. The normalized spacial score (nSPS) is 21.7. The Kier molecular flexibility index (Phi) is 7.70. The zero-order valence-corrected chi connectivity index (χ0v) is 18.6. The van der Waals surface area contributed by atoms with Crippen molar-refractivity contribution >= 4 is 6.09 Å². The average molecular weight is 428 g/mol. The van der Waals surface area contributed by atoms with Gasteiger partial charge in [0.05, 0.1) is 19.8 Å². The zero-order chi connectivity index (χ0) is 22.3. The van der Waals surface area contributed by atoms with Gasteiger partial charge in [-0.2, -0.15) is 0 Å². The molecule has 1 fully saturated rings. The van der Waals surface area contributed by atoms with Gasteiger partial charge in [-0.1, -0.05) is 60.7 Å². The molecule has 2 atom stereocenters. The van der Waals surface area contributed by atoms with Crippen LogP contribution >= 0.6 is 0 Å². The van der Waals surface area contributed by atoms with E-state index in [0.717, 1.165) is 11.1 Å². The van der Waals surface area contributed by atoms with Gasteiger partial charge in [0.1, 0.15) is 18.0 Å². The molecule has 1 aliphatic rings. The Hall–Kier alpha value is -2.41. The predicted molar refractivity (Wildman–Crippen MR) is 118 cm³/mol. The molecule has 1 heterocycles. The van der Waals surface area contributed by atoms with E-state index < -0.39 is 17.3 Å². The van der Waals surface area contributed by atoms with Crippen molar-refractivity contribution in [3.8, 4) is 0 Å². The van der Waals surface area contributed by atoms with Gasteiger partial charge in [0.2, 0.25) is 0 Å². The molecule has 31 heavy (non-hydrogen) atoms. The maximum absolute atomic E-state index is 12.7. The van der Waals surface area contributed by atoms with Crippen LogP contribution in [0.15, 0.2) is 60.7 Å². The number of benzene rings is 2. The van der Waals surface area contributed by atoms with Gasteiger partial charge in [-0.3, -0.25) is 0 Å². The number of piperidine rings is 1. The van der Waals surface area contributed by atoms with E-state index in [-0.39, 0.29) is 19.3 Å². The Morgan fingerprint density at radius 1 is 1.06 bits per heavy atom. The Labute approximate surface area is 184 Å². The highest BCUT2D eigenvalue weighted by Crippen LogP contribution is 2.35. The third-order valence-corrected chi connectivity index (χ3v) is 5.15. The van der Waals surface area contributed by atoms with Crippen LogP contribution in [0, 0.1) is 5.92 Å². The fourth-order valence-corrected chi connectivity index (χ4v) is 3.84. The highest BCUT2D eigenvalue weighted by molar-refractivity contribution is 5.68. The molecule has 0 spiro atoms. The van der Waals surface area contributed by atoms with E-state index in [1.165, 1.54) is 0 Å². The Balaban J connectivity index is 1.60. The van der Waals surface area contributed by atoms with Crippen molar-refractivity contribution in [1.29, 1.82) is 0 Å². The van der Waals surface area contributed by atoms with Crippen LogP contribution in [-0.2, 0) is 26.4 Å². The molecule has 6 nitrogen and oxygen atoms in total. The van der Waals surface area contributed by atoms with E-state index in [4.69, 9.17) is 14.2 Å². The molecule has 0 aliphatic carbocycles. The van der Waals surface area contributed by atoms with Crippen molar-refractivity contribution in [2.75, 3.05) is 26.5 Å². The van der Waals surface area contributed by atoms with E-state index in [1.807, 2.05) is 81.4 Å². The fraction of sp³-hybridized carbons (Fsp3) is 0.480. The molecular weight excluding hydrogens is 394 g/mol. The van der Waals surface area contributed by atoms with Gasteiger partial charge in [0, 0.05) is 12.5 Å². The smallest absolute Gasteiger partial charge is 0.410 e. The summed E-state index contributed by atoms with van der Waals surface area (Å²) in [6, 6.07) is 19.4. The minimum absolute atomic E-state index is 0.0493. The maximum atomic E-state index is 12.7. The first-order valence-electron chi connectivity index (χ1n) is 10.7. The third-order valence-electron chi connectivity index (χ3n) is 5.15. The number of carbonyl (C=O) groups is 1. The molecule has 6 heteroatoms. The summed E-state index contributed by atoms with van der Waals surface area (Å²) in [6.45, 7) is 7.17. The lowest BCUT2D eigenvalue weighted by Gasteiger charge is -2.43. The van der Waals surface area contributed by atoms with E-state index in [9.17, 15) is 9.90 Å². The standard InChI is InChI=1S/C25H33NO5/c1-24(2,3)31-23(27)26-15-21(14-25(28,18-26)22-12-8-5-9-13-22)17-30-19-29-16-20-10-6-4-7-11-20/h4-13,21,28H,14-19H2,1-3H3. The van der Waals surface area contributed by atoms with Gasteiger partial charge in [-0.05, 0) is 38.3 Å². The average Bonchev–Trinajstić information content (AvgIpc) is 2.73. The monoisotopic (exact) mass is 427 g/mol. The van der Waals surface area contributed by atoms with Crippen molar-refractivity contribution in [2.45, 2.75) is 45.0 Å². The molecule has 1 amide bonds. The van der Waals surface area contributed by atoms with Crippen LogP contribution in [0.1, 0.15) is 38.3 Å². The molecule has 1 aliphatic heterocycles. The molecule has 168 valence electrons. The summed E-state index contributed by atoms with van der Waals surface area (Å²) >= 11 is 0. The second-order valence-corrected chi connectivity index (χ2v) is 9.15. The molecule has 3 rings (SSSR count). The van der Waals surface area contributed by atoms with Crippen LogP contribution < -0.4 is 0 Å². The number of carbonyl (C=O) groups excluding carboxylic acids is 1. The summed E-state index contributed by atoms with van der Waals surface area (Å²) in [5.74, 6) is -0.0493. The Morgan fingerprint density at radius 3 is 2.35 bits per heavy atom. The molecule has 0 saturated carbocycles. The molecule has 2 unspecified atom stereocenters. The highest BCUT2D eigenvalue weighted by Gasteiger charge is 2.42. The molecule has 1 N–H and O–H groups in total. The maximum Gasteiger partial charge on any atom is 0.410 e. The van der Waals surface area contributed by atoms with Crippen molar-refractivity contribution in [1.82, 2.24) is 4.90 Å². The lowest BCUT2D eigenvalue weighted by molar-refractivity contribution is -0.106. The molecule has 0 aromatic heterocycles. The van der Waals surface area contributed by atoms with Crippen molar-refractivity contribution < 1.29 is 24.1 Å². The van der Waals surface area contributed by atoms with Crippen LogP contribution in [0.25, 0.3) is 0 Å². The van der Waals surface area contributed by atoms with Gasteiger partial charge >= 0.3 is 6.09 Å². The summed E-state index contributed by atoms with van der Waals surface area (Å²) in [6.07, 6.45) is 0.0709. The van der Waals surface area contributed by atoms with Gasteiger partial charge in [-0.25, -0.2) is 4.79 Å². The molecule has 1 saturated heterocycles. The van der Waals surface area contributed by atoms with Crippen molar-refractivity contribution in [2.24, 2.45) is 5.92 Å². The SMILES string of the molecule is CC(C)(C)OC(=O)N1CC(COCOCc2ccccc2)CC(O)(c2ccccc2)C1. The number of hydrogen-bond acceptors (Lipinski definition) is 5. The van der Waals surface area contributed by atoms with Crippen molar-refractivity contribution in [3.63, 3.8) is 0 Å². The number of hydrogen-bond donors (Lipinski definition) is 1. The first kappa shape index (κ1) is 23.3. The van der Waals surface area contributed by atoms with E-state index >= 15 is 0 Å². The van der Waals surface area contributed by atoms with Crippen LogP contribution in [-0.4, -0.2) is 48.2 Å². The van der Waals surface area contributed by atoms with Gasteiger partial charge in [0.15, 0.2) is 0 Å². The number of ether oxygens (including phenoxy) is 3. The summed E-state index contributed by atoms with van der Waals surface area (Å²) in [7, 11) is 0. The van der Waals surface area contributed by atoms with Gasteiger partial charge in [0.25, 0.3) is 0 Å². The van der Waals surface area contributed by atoms with E-state index in [2.05, 4.69) is 0 Å². The lowest BCUT2D eigenvalue weighted by atomic mass is 9.81. The summed E-state index contributed by atoms with van der Waals surface area (Å²) in [5, 5.41) is 11.4. The number of aliphatic hydroxyl groups is 1. The zero-order valence-electron chi connectivity index (χ0n) is 18.6. The number of likely N-dealkylation sites (tertiary alicyclic amines) is 1. The number of nitrogens with zero attached hydrogens (tertiary/aromatic N) is 1. The van der Waals surface area contributed by atoms with Gasteiger partial charge in [-0.15, -0.1) is 0 Å². The summed E-state index contributed by atoms with van der Waals surface area (Å²) in [4.78, 5) is 14.3. The number of rotatable bonds is 7. The first-order chi connectivity index (χ1) is 14.8. The first-order valence-corrected chi connectivity index (χ1v) is 10.7. The molecule has 0 radical (unpaired) electrons. The van der Waals surface area contributed by atoms with Crippen LogP contribution in [0.5, 0.6) is 0 Å². The fourth-order valence-electron chi connectivity index (χ4n) is 3.84. The summed E-state index contributed by atoms with van der Waals surface area (Å²) < 4.78 is 16.9. The van der Waals surface area contributed by atoms with Crippen LogP contribution in [0.4, 0.5) is 4.79 Å². The molecule has 2 aromatic carbocycles. The van der Waals surface area contributed by atoms with E-state index in [0.29, 0.717) is 26.2 Å². The van der Waals surface area contributed by atoms with Gasteiger partial charge < -0.3 is 24.2 Å². The summed E-state index contributed by atoms with van der Waals surface area (Å²) in [5.41, 5.74) is 0.110. The highest BCUT2D eigenvalue weighted by atomic mass is 16.7. The minimum atomic E-state index is -1.16. The third kappa shape index (κ3) is 7.06. The Morgan fingerprint density at radius 2 is 1.71 bits per heavy atom. The quantitative estimate of drug-likeness (QED) is 0.526. The Bertz CT molecular complexity index is 821. The second kappa shape index (κ2) is 10.3. The number of amides is 1. The van der Waals surface area contributed by atoms with Crippen LogP contribution in [0.3, 0.4) is 0 Å². The van der Waals surface area contributed by atoms with Crippen molar-refractivity contribution in [3.05, 3.63) is 71.8 Å².